The van der Waals surface area contributed by atoms with Gasteiger partial charge in [0.1, 0.15) is 12.1 Å². The lowest BCUT2D eigenvalue weighted by Gasteiger charge is -2.37. The standard InChI is InChI=1S/C27H24FN5O2S/c1-36(35)32-12-7-27(8-13-32)22-6-11-30-16-24(22)33(26(27)34)17-23-25(18-4-9-29-10-5-18)21-3-2-20(28)14-19(21)15-31-23/h2-6,9-11,14-16H,7-8,12-13,17H2,1H3. The first kappa shape index (κ1) is 23.0. The average Bonchev–Trinajstić information content (AvgIpc) is 3.12. The third kappa shape index (κ3) is 3.66. The molecule has 2 aliphatic heterocycles. The quantitative estimate of drug-likeness (QED) is 0.393. The molecule has 3 aromatic heterocycles. The van der Waals surface area contributed by atoms with Gasteiger partial charge < -0.3 is 9.45 Å². The van der Waals surface area contributed by atoms with E-state index in [4.69, 9.17) is 4.98 Å². The van der Waals surface area contributed by atoms with E-state index in [1.165, 1.54) is 12.1 Å². The second kappa shape index (κ2) is 8.92. The molecule has 1 saturated heterocycles. The summed E-state index contributed by atoms with van der Waals surface area (Å²) in [5.74, 6) is -0.303. The Bertz CT molecular complexity index is 1460. The van der Waals surface area contributed by atoms with Gasteiger partial charge in [0.05, 0.1) is 29.5 Å². The number of fused-ring (bicyclic) bond motifs is 3. The average molecular weight is 502 g/mol. The van der Waals surface area contributed by atoms with Crippen molar-refractivity contribution >= 4 is 33.7 Å². The van der Waals surface area contributed by atoms with Gasteiger partial charge in [-0.2, -0.15) is 0 Å². The number of piperidine rings is 1. The lowest BCUT2D eigenvalue weighted by atomic mass is 9.74. The fourth-order valence-corrected chi connectivity index (χ4v) is 6.30. The molecule has 1 unspecified atom stereocenters. The second-order valence-electron chi connectivity index (χ2n) is 9.27. The van der Waals surface area contributed by atoms with E-state index in [2.05, 4.69) is 9.97 Å². The van der Waals surface area contributed by atoms with Crippen LogP contribution in [-0.4, -0.2) is 49.1 Å². The predicted molar refractivity (Wildman–Crippen MR) is 137 cm³/mol. The van der Waals surface area contributed by atoms with Crippen molar-refractivity contribution in [2.45, 2.75) is 24.8 Å². The molecule has 1 fully saturated rings. The number of rotatable bonds is 4. The molecule has 36 heavy (non-hydrogen) atoms. The molecule has 0 saturated carbocycles. The van der Waals surface area contributed by atoms with Crippen molar-refractivity contribution in [2.24, 2.45) is 0 Å². The Labute approximate surface area is 211 Å². The van der Waals surface area contributed by atoms with Crippen LogP contribution in [0.2, 0.25) is 0 Å². The summed E-state index contributed by atoms with van der Waals surface area (Å²) < 4.78 is 27.9. The lowest BCUT2D eigenvalue weighted by Crippen LogP contribution is -2.49. The van der Waals surface area contributed by atoms with Crippen molar-refractivity contribution in [1.82, 2.24) is 19.3 Å². The number of halogens is 1. The Kier molecular flexibility index (Phi) is 5.70. The number of benzene rings is 1. The van der Waals surface area contributed by atoms with Gasteiger partial charge in [0.25, 0.3) is 0 Å². The first-order valence-corrected chi connectivity index (χ1v) is 13.3. The first-order chi connectivity index (χ1) is 17.5. The van der Waals surface area contributed by atoms with Crippen LogP contribution in [0.4, 0.5) is 10.1 Å². The van der Waals surface area contributed by atoms with E-state index >= 15 is 0 Å². The molecule has 7 nitrogen and oxygen atoms in total. The van der Waals surface area contributed by atoms with Crippen LogP contribution < -0.4 is 4.90 Å². The Balaban J connectivity index is 1.44. The molecule has 5 heterocycles. The molecule has 0 radical (unpaired) electrons. The molecule has 182 valence electrons. The molecule has 9 heteroatoms. The van der Waals surface area contributed by atoms with Gasteiger partial charge in [-0.15, -0.1) is 4.31 Å². The molecule has 0 N–H and O–H groups in total. The van der Waals surface area contributed by atoms with Crippen molar-refractivity contribution in [1.29, 1.82) is 0 Å². The molecule has 1 spiro atoms. The summed E-state index contributed by atoms with van der Waals surface area (Å²) in [6.45, 7) is 1.44. The summed E-state index contributed by atoms with van der Waals surface area (Å²) in [6, 6.07) is 10.4. The zero-order valence-electron chi connectivity index (χ0n) is 19.7. The highest BCUT2D eigenvalue weighted by atomic mass is 32.2. The number of hydrogen-bond donors (Lipinski definition) is 0. The van der Waals surface area contributed by atoms with Crippen LogP contribution in [0, 0.1) is 5.82 Å². The molecule has 0 bridgehead atoms. The van der Waals surface area contributed by atoms with Gasteiger partial charge in [-0.1, -0.05) is 6.07 Å². The minimum Gasteiger partial charge on any atom is -0.598 e. The molecule has 1 amide bonds. The van der Waals surface area contributed by atoms with E-state index in [0.717, 1.165) is 27.8 Å². The van der Waals surface area contributed by atoms with Crippen LogP contribution >= 0.6 is 0 Å². The van der Waals surface area contributed by atoms with Crippen molar-refractivity contribution in [3.63, 3.8) is 0 Å². The predicted octanol–water partition coefficient (Wildman–Crippen LogP) is 4.00. The maximum atomic E-state index is 14.1. The monoisotopic (exact) mass is 501 g/mol. The van der Waals surface area contributed by atoms with Crippen LogP contribution in [-0.2, 0) is 28.1 Å². The van der Waals surface area contributed by atoms with Crippen LogP contribution in [0.5, 0.6) is 0 Å². The fourth-order valence-electron chi connectivity index (χ4n) is 5.60. The molecule has 2 aliphatic rings. The number of aromatic nitrogens is 3. The van der Waals surface area contributed by atoms with Crippen LogP contribution in [0.15, 0.2) is 67.4 Å². The Morgan fingerprint density at radius 3 is 2.56 bits per heavy atom. The van der Waals surface area contributed by atoms with Gasteiger partial charge >= 0.3 is 0 Å². The van der Waals surface area contributed by atoms with Crippen LogP contribution in [0.1, 0.15) is 24.1 Å². The number of anilines is 1. The first-order valence-electron chi connectivity index (χ1n) is 11.8. The van der Waals surface area contributed by atoms with E-state index in [0.29, 0.717) is 37.0 Å². The smallest absolute Gasteiger partial charge is 0.238 e. The Hall–Kier alpha value is -3.40. The molecule has 1 atom stereocenters. The highest BCUT2D eigenvalue weighted by molar-refractivity contribution is 7.88. The third-order valence-corrected chi connectivity index (χ3v) is 8.50. The summed E-state index contributed by atoms with van der Waals surface area (Å²) in [4.78, 5) is 29.0. The molecule has 1 aromatic carbocycles. The topological polar surface area (TPSA) is 85.3 Å². The highest BCUT2D eigenvalue weighted by Gasteiger charge is 2.53. The minimum absolute atomic E-state index is 0.0220. The summed E-state index contributed by atoms with van der Waals surface area (Å²) in [6.07, 6.45) is 11.4. The van der Waals surface area contributed by atoms with Gasteiger partial charge in [-0.25, -0.2) is 4.39 Å². The SMILES string of the molecule is C[S+]([O-])N1CCC2(CC1)C(=O)N(Cc1ncc3cc(F)ccc3c1-c1ccncc1)c1cnccc12. The number of hydrogen-bond acceptors (Lipinski definition) is 6. The minimum atomic E-state index is -1.06. The number of carbonyl (C=O) groups excluding carboxylic acids is 1. The Morgan fingerprint density at radius 2 is 1.81 bits per heavy atom. The van der Waals surface area contributed by atoms with Gasteiger partial charge in [0.15, 0.2) is 0 Å². The molecule has 4 aromatic rings. The van der Waals surface area contributed by atoms with Crippen LogP contribution in [0.25, 0.3) is 21.9 Å². The maximum Gasteiger partial charge on any atom is 0.238 e. The van der Waals surface area contributed by atoms with Gasteiger partial charge in [-0.3, -0.25) is 19.7 Å². The zero-order valence-corrected chi connectivity index (χ0v) is 20.5. The highest BCUT2D eigenvalue weighted by Crippen LogP contribution is 2.48. The van der Waals surface area contributed by atoms with Gasteiger partial charge in [-0.05, 0) is 59.7 Å². The summed E-state index contributed by atoms with van der Waals surface area (Å²) >= 11 is -1.06. The van der Waals surface area contributed by atoms with E-state index < -0.39 is 16.8 Å². The lowest BCUT2D eigenvalue weighted by molar-refractivity contribution is -0.124. The number of carbonyl (C=O) groups is 1. The van der Waals surface area contributed by atoms with Crippen molar-refractivity contribution in [3.05, 3.63) is 84.5 Å². The van der Waals surface area contributed by atoms with Gasteiger partial charge in [0.2, 0.25) is 5.91 Å². The number of nitrogens with zero attached hydrogens (tertiary/aromatic N) is 5. The molecular formula is C27H24FN5O2S. The largest absolute Gasteiger partial charge is 0.598 e. The fraction of sp³-hybridized carbons (Fsp3) is 0.259. The third-order valence-electron chi connectivity index (χ3n) is 7.41. The van der Waals surface area contributed by atoms with E-state index in [-0.39, 0.29) is 18.3 Å². The number of amides is 1. The van der Waals surface area contributed by atoms with Gasteiger partial charge in [0, 0.05) is 60.2 Å². The van der Waals surface area contributed by atoms with E-state index in [1.807, 2.05) is 22.5 Å². The zero-order chi connectivity index (χ0) is 24.9. The number of pyridine rings is 3. The second-order valence-corrected chi connectivity index (χ2v) is 10.6. The maximum absolute atomic E-state index is 14.1. The summed E-state index contributed by atoms with van der Waals surface area (Å²) in [5, 5.41) is 1.55. The van der Waals surface area contributed by atoms with Crippen LogP contribution in [0.3, 0.4) is 0 Å². The molecule has 6 rings (SSSR count). The normalized spacial score (nSPS) is 18.1. The summed E-state index contributed by atoms with van der Waals surface area (Å²) in [7, 11) is 0. The molecular weight excluding hydrogens is 477 g/mol. The van der Waals surface area contributed by atoms with Crippen molar-refractivity contribution in [3.8, 4) is 11.1 Å². The molecule has 0 aliphatic carbocycles. The Morgan fingerprint density at radius 1 is 1.06 bits per heavy atom. The van der Waals surface area contributed by atoms with Crippen molar-refractivity contribution < 1.29 is 13.7 Å². The van der Waals surface area contributed by atoms with E-state index in [9.17, 15) is 13.7 Å². The van der Waals surface area contributed by atoms with E-state index in [1.54, 1.807) is 48.2 Å². The summed E-state index contributed by atoms with van der Waals surface area (Å²) in [5.41, 5.74) is 3.56. The van der Waals surface area contributed by atoms with Crippen molar-refractivity contribution in [2.75, 3.05) is 24.2 Å².